The molecule has 1 rings (SSSR count). The Balaban J connectivity index is 3.31. The molecule has 0 aliphatic carbocycles. The standard InChI is InChI=1S/C10H15N5O3S3/c1-4-20-15(21-5-2)10(19)7-8(14(17)18)9(13(3)16)12-6-11-7/h6,16H,4-5H2,1-3H3. The van der Waals surface area contributed by atoms with Gasteiger partial charge in [-0.3, -0.25) is 15.3 Å². The molecule has 1 heterocycles. The maximum atomic E-state index is 11.3. The van der Waals surface area contributed by atoms with E-state index in [9.17, 15) is 15.3 Å². The fourth-order valence-electron chi connectivity index (χ4n) is 1.41. The molecule has 0 unspecified atom stereocenters. The van der Waals surface area contributed by atoms with E-state index in [1.54, 1.807) is 3.71 Å². The smallest absolute Gasteiger partial charge is 0.287 e. The summed E-state index contributed by atoms with van der Waals surface area (Å²) in [6, 6.07) is 0. The van der Waals surface area contributed by atoms with Gasteiger partial charge in [0, 0.05) is 18.6 Å². The summed E-state index contributed by atoms with van der Waals surface area (Å²) in [7, 11) is 1.25. The Labute approximate surface area is 136 Å². The molecule has 0 radical (unpaired) electrons. The molecule has 0 amide bonds. The van der Waals surface area contributed by atoms with Crippen LogP contribution in [0.1, 0.15) is 19.5 Å². The van der Waals surface area contributed by atoms with E-state index in [1.165, 1.54) is 30.9 Å². The van der Waals surface area contributed by atoms with Gasteiger partial charge in [-0.25, -0.2) is 18.7 Å². The van der Waals surface area contributed by atoms with Gasteiger partial charge in [0.05, 0.1) is 4.92 Å². The van der Waals surface area contributed by atoms with Crippen molar-refractivity contribution in [2.24, 2.45) is 0 Å². The van der Waals surface area contributed by atoms with Gasteiger partial charge in [0.2, 0.25) is 5.82 Å². The Kier molecular flexibility index (Phi) is 7.08. The zero-order chi connectivity index (χ0) is 16.0. The van der Waals surface area contributed by atoms with Gasteiger partial charge in [0.1, 0.15) is 6.33 Å². The number of hydroxylamine groups is 1. The van der Waals surface area contributed by atoms with Crippen LogP contribution in [0, 0.1) is 10.1 Å². The maximum Gasteiger partial charge on any atom is 0.342 e. The van der Waals surface area contributed by atoms with E-state index in [1.807, 2.05) is 13.8 Å². The molecule has 1 aromatic rings. The Morgan fingerprint density at radius 3 is 2.43 bits per heavy atom. The lowest BCUT2D eigenvalue weighted by Gasteiger charge is -2.21. The molecule has 0 atom stereocenters. The van der Waals surface area contributed by atoms with E-state index in [2.05, 4.69) is 9.97 Å². The van der Waals surface area contributed by atoms with E-state index >= 15 is 0 Å². The van der Waals surface area contributed by atoms with E-state index in [0.29, 0.717) is 5.06 Å². The van der Waals surface area contributed by atoms with Gasteiger partial charge in [-0.1, -0.05) is 26.1 Å². The Morgan fingerprint density at radius 2 is 2.00 bits per heavy atom. The van der Waals surface area contributed by atoms with Crippen LogP contribution >= 0.6 is 36.1 Å². The molecule has 1 N–H and O–H groups in total. The Morgan fingerprint density at radius 1 is 1.43 bits per heavy atom. The summed E-state index contributed by atoms with van der Waals surface area (Å²) >= 11 is 8.18. The number of nitro groups is 1. The van der Waals surface area contributed by atoms with Gasteiger partial charge in [-0.2, -0.15) is 0 Å². The van der Waals surface area contributed by atoms with Crippen molar-refractivity contribution >= 4 is 52.6 Å². The molecule has 0 aromatic carbocycles. The quantitative estimate of drug-likeness (QED) is 0.342. The summed E-state index contributed by atoms with van der Waals surface area (Å²) < 4.78 is 1.71. The van der Waals surface area contributed by atoms with E-state index < -0.39 is 10.6 Å². The second-order valence-electron chi connectivity index (χ2n) is 3.57. The SMILES string of the molecule is CCSN(SCC)C(=S)c1ncnc(N(C)O)c1[N+](=O)[O-]. The predicted molar refractivity (Wildman–Crippen MR) is 88.7 cm³/mol. The molecular weight excluding hydrogens is 334 g/mol. The van der Waals surface area contributed by atoms with E-state index in [0.717, 1.165) is 17.8 Å². The molecule has 116 valence electrons. The van der Waals surface area contributed by atoms with Crippen molar-refractivity contribution < 1.29 is 10.1 Å². The molecule has 8 nitrogen and oxygen atoms in total. The molecule has 0 bridgehead atoms. The highest BCUT2D eigenvalue weighted by Gasteiger charge is 2.30. The van der Waals surface area contributed by atoms with Gasteiger partial charge in [-0.15, -0.1) is 0 Å². The normalized spacial score (nSPS) is 10.3. The topological polar surface area (TPSA) is 95.6 Å². The first-order chi connectivity index (χ1) is 9.93. The fraction of sp³-hybridized carbons (Fsp3) is 0.500. The van der Waals surface area contributed by atoms with Crippen molar-refractivity contribution in [2.75, 3.05) is 23.6 Å². The third-order valence-corrected chi connectivity index (χ3v) is 4.74. The number of nitrogens with zero attached hydrogens (tertiary/aromatic N) is 5. The summed E-state index contributed by atoms with van der Waals surface area (Å²) in [5.41, 5.74) is -0.395. The van der Waals surface area contributed by atoms with Crippen LogP contribution in [0.15, 0.2) is 6.33 Å². The molecule has 1 aromatic heterocycles. The summed E-state index contributed by atoms with van der Waals surface area (Å²) in [4.78, 5) is 18.5. The third kappa shape index (κ3) is 4.40. The summed E-state index contributed by atoms with van der Waals surface area (Å²) in [5.74, 6) is 1.33. The molecule has 0 aliphatic heterocycles. The second-order valence-corrected chi connectivity index (χ2v) is 6.59. The molecule has 0 spiro atoms. The van der Waals surface area contributed by atoms with E-state index in [4.69, 9.17) is 12.2 Å². The number of hydrogen-bond acceptors (Lipinski definition) is 9. The second kappa shape index (κ2) is 8.32. The zero-order valence-electron chi connectivity index (χ0n) is 11.7. The first-order valence-corrected chi connectivity index (χ1v) is 8.25. The largest absolute Gasteiger partial charge is 0.342 e. The Bertz CT molecular complexity index is 523. The van der Waals surface area contributed by atoms with Gasteiger partial charge in [-0.05, 0) is 23.9 Å². The first-order valence-electron chi connectivity index (χ1n) is 5.96. The minimum Gasteiger partial charge on any atom is -0.287 e. The average Bonchev–Trinajstić information content (AvgIpc) is 2.45. The molecule has 21 heavy (non-hydrogen) atoms. The number of rotatable bonds is 7. The molecule has 0 fully saturated rings. The van der Waals surface area contributed by atoms with Crippen LogP contribution < -0.4 is 5.06 Å². The number of anilines is 1. The minimum atomic E-state index is -0.644. The summed E-state index contributed by atoms with van der Waals surface area (Å²) in [6.45, 7) is 3.91. The van der Waals surface area contributed by atoms with Gasteiger partial charge in [0.15, 0.2) is 10.7 Å². The van der Waals surface area contributed by atoms with Crippen molar-refractivity contribution in [1.29, 1.82) is 0 Å². The number of aromatic nitrogens is 2. The Hall–Kier alpha value is -1.17. The predicted octanol–water partition coefficient (Wildman–Crippen LogP) is 2.52. The summed E-state index contributed by atoms with van der Waals surface area (Å²) in [5, 5.41) is 21.3. The number of thiocarbonyl (C=S) groups is 1. The lowest BCUT2D eigenvalue weighted by atomic mass is 10.3. The minimum absolute atomic E-state index is 0.0165. The maximum absolute atomic E-state index is 11.3. The fourth-order valence-corrected chi connectivity index (χ4v) is 3.68. The van der Waals surface area contributed by atoms with E-state index in [-0.39, 0.29) is 16.5 Å². The third-order valence-electron chi connectivity index (χ3n) is 2.15. The van der Waals surface area contributed by atoms with Crippen LogP contribution in [0.5, 0.6) is 0 Å². The average molecular weight is 349 g/mol. The van der Waals surface area contributed by atoms with Crippen molar-refractivity contribution in [3.05, 3.63) is 22.1 Å². The van der Waals surface area contributed by atoms with Crippen LogP contribution in [0.2, 0.25) is 0 Å². The highest BCUT2D eigenvalue weighted by atomic mass is 32.2. The van der Waals surface area contributed by atoms with Crippen molar-refractivity contribution in [2.45, 2.75) is 13.8 Å². The molecule has 0 saturated carbocycles. The van der Waals surface area contributed by atoms with Gasteiger partial charge < -0.3 is 0 Å². The van der Waals surface area contributed by atoms with Crippen LogP contribution in [0.25, 0.3) is 0 Å². The summed E-state index contributed by atoms with van der Waals surface area (Å²) in [6.07, 6.45) is 1.14. The van der Waals surface area contributed by atoms with Gasteiger partial charge >= 0.3 is 5.69 Å². The van der Waals surface area contributed by atoms with Crippen LogP contribution in [-0.2, 0) is 0 Å². The zero-order valence-corrected chi connectivity index (χ0v) is 14.2. The van der Waals surface area contributed by atoms with Gasteiger partial charge in [0.25, 0.3) is 0 Å². The lowest BCUT2D eigenvalue weighted by Crippen LogP contribution is -2.22. The highest BCUT2D eigenvalue weighted by Crippen LogP contribution is 2.32. The number of hydrogen-bond donors (Lipinski definition) is 1. The highest BCUT2D eigenvalue weighted by molar-refractivity contribution is 8.13. The monoisotopic (exact) mass is 349 g/mol. The first kappa shape index (κ1) is 17.9. The van der Waals surface area contributed by atoms with Crippen LogP contribution in [0.4, 0.5) is 11.5 Å². The van der Waals surface area contributed by atoms with Crippen LogP contribution in [0.3, 0.4) is 0 Å². The molecule has 11 heteroatoms. The molecule has 0 saturated heterocycles. The van der Waals surface area contributed by atoms with Crippen molar-refractivity contribution in [3.63, 3.8) is 0 Å². The molecule has 0 aliphatic rings. The lowest BCUT2D eigenvalue weighted by molar-refractivity contribution is -0.385. The van der Waals surface area contributed by atoms with Crippen LogP contribution in [-0.4, -0.2) is 47.4 Å². The van der Waals surface area contributed by atoms with Crippen molar-refractivity contribution in [3.8, 4) is 0 Å². The molecular formula is C10H15N5O3S3. The van der Waals surface area contributed by atoms with Crippen molar-refractivity contribution in [1.82, 2.24) is 13.7 Å².